The number of aromatic amines is 1. The number of amides is 1. The number of nitriles is 1. The van der Waals surface area contributed by atoms with Crippen molar-refractivity contribution >= 4 is 22.8 Å². The van der Waals surface area contributed by atoms with Crippen LogP contribution in [-0.2, 0) is 11.8 Å². The molecule has 8 heteroatoms. The highest BCUT2D eigenvalue weighted by molar-refractivity contribution is 6.07. The zero-order chi connectivity index (χ0) is 18.8. The van der Waals surface area contributed by atoms with Gasteiger partial charge in [-0.3, -0.25) is 9.48 Å². The van der Waals surface area contributed by atoms with Crippen LogP contribution in [0.2, 0.25) is 0 Å². The Morgan fingerprint density at radius 2 is 2.22 bits per heavy atom. The number of carbonyl (C=O) groups excluding carboxylic acids is 1. The number of rotatable bonds is 3. The summed E-state index contributed by atoms with van der Waals surface area (Å²) in [5.74, 6) is 0.727. The third kappa shape index (κ3) is 2.14. The molecule has 0 radical (unpaired) electrons. The van der Waals surface area contributed by atoms with E-state index in [0.717, 1.165) is 18.4 Å². The van der Waals surface area contributed by atoms with Crippen LogP contribution >= 0.6 is 0 Å². The van der Waals surface area contributed by atoms with Gasteiger partial charge in [0.15, 0.2) is 5.65 Å². The normalized spacial score (nSPS) is 25.3. The van der Waals surface area contributed by atoms with E-state index in [9.17, 15) is 10.1 Å². The Hall–Kier alpha value is -3.21. The van der Waals surface area contributed by atoms with E-state index in [1.807, 2.05) is 20.2 Å². The highest BCUT2D eigenvalue weighted by Crippen LogP contribution is 2.54. The quantitative estimate of drug-likeness (QED) is 0.771. The van der Waals surface area contributed by atoms with Gasteiger partial charge in [-0.15, -0.1) is 0 Å². The van der Waals surface area contributed by atoms with Crippen LogP contribution in [0.25, 0.3) is 22.6 Å². The number of nitrogens with one attached hydrogen (secondary N) is 1. The van der Waals surface area contributed by atoms with Gasteiger partial charge < -0.3 is 9.88 Å². The maximum Gasteiger partial charge on any atom is 0.248 e. The number of hydrogen-bond acceptors (Lipinski definition) is 5. The molecule has 136 valence electrons. The summed E-state index contributed by atoms with van der Waals surface area (Å²) in [7, 11) is 1.85. The Balaban J connectivity index is 1.60. The fourth-order valence-electron chi connectivity index (χ4n) is 4.30. The van der Waals surface area contributed by atoms with Gasteiger partial charge in [0.05, 0.1) is 23.5 Å². The molecule has 1 N–H and O–H groups in total. The maximum absolute atomic E-state index is 13.3. The lowest BCUT2D eigenvalue weighted by atomic mass is 9.75. The summed E-state index contributed by atoms with van der Waals surface area (Å²) in [5.41, 5.74) is 1.92. The maximum atomic E-state index is 13.3. The van der Waals surface area contributed by atoms with Crippen molar-refractivity contribution in [3.8, 4) is 17.5 Å². The molecule has 4 heterocycles. The first-order valence-electron chi connectivity index (χ1n) is 9.11. The van der Waals surface area contributed by atoms with Crippen LogP contribution in [-0.4, -0.2) is 37.2 Å². The van der Waals surface area contributed by atoms with Crippen molar-refractivity contribution in [2.45, 2.75) is 19.8 Å². The third-order valence-corrected chi connectivity index (χ3v) is 5.87. The minimum atomic E-state index is -0.905. The Labute approximate surface area is 155 Å². The zero-order valence-electron chi connectivity index (χ0n) is 15.2. The van der Waals surface area contributed by atoms with Crippen LogP contribution in [0.3, 0.4) is 0 Å². The fourth-order valence-corrected chi connectivity index (χ4v) is 4.30. The van der Waals surface area contributed by atoms with Gasteiger partial charge in [0.2, 0.25) is 5.91 Å². The Kier molecular flexibility index (Phi) is 3.20. The number of H-pyrrole nitrogens is 1. The summed E-state index contributed by atoms with van der Waals surface area (Å²) < 4.78 is 1.71. The number of carbonyl (C=O) groups is 1. The molecule has 3 aromatic heterocycles. The monoisotopic (exact) mass is 361 g/mol. The van der Waals surface area contributed by atoms with E-state index in [0.29, 0.717) is 29.2 Å². The molecule has 1 saturated carbocycles. The van der Waals surface area contributed by atoms with E-state index < -0.39 is 5.41 Å². The molecule has 5 rings (SSSR count). The van der Waals surface area contributed by atoms with Gasteiger partial charge in [-0.2, -0.15) is 10.4 Å². The lowest BCUT2D eigenvalue weighted by Gasteiger charge is -2.23. The van der Waals surface area contributed by atoms with E-state index in [1.165, 1.54) is 0 Å². The molecule has 1 aliphatic heterocycles. The zero-order valence-corrected chi connectivity index (χ0v) is 15.2. The summed E-state index contributed by atoms with van der Waals surface area (Å²) >= 11 is 0. The van der Waals surface area contributed by atoms with Crippen LogP contribution in [0.1, 0.15) is 19.8 Å². The first kappa shape index (κ1) is 16.0. The SMILES string of the molecule is C[C@@H]1CN(c2ccnc3[nH]c(-c4cnn(C)c4)nc23)C(=O)[C@]1(C#N)C1CC1. The highest BCUT2D eigenvalue weighted by atomic mass is 16.2. The molecule has 0 aromatic carbocycles. The van der Waals surface area contributed by atoms with Gasteiger partial charge in [0.25, 0.3) is 0 Å². The number of anilines is 1. The number of aromatic nitrogens is 5. The van der Waals surface area contributed by atoms with Crippen LogP contribution < -0.4 is 4.90 Å². The van der Waals surface area contributed by atoms with Crippen LogP contribution in [0.4, 0.5) is 5.69 Å². The predicted octanol–water partition coefficient (Wildman–Crippen LogP) is 2.26. The number of hydrogen-bond donors (Lipinski definition) is 1. The van der Waals surface area contributed by atoms with E-state index in [-0.39, 0.29) is 17.7 Å². The number of fused-ring (bicyclic) bond motifs is 1. The van der Waals surface area contributed by atoms with Gasteiger partial charge >= 0.3 is 0 Å². The van der Waals surface area contributed by atoms with E-state index in [2.05, 4.69) is 26.1 Å². The molecule has 27 heavy (non-hydrogen) atoms. The molecule has 0 unspecified atom stereocenters. The lowest BCUT2D eigenvalue weighted by Crippen LogP contribution is -2.37. The molecule has 1 saturated heterocycles. The van der Waals surface area contributed by atoms with Crippen molar-refractivity contribution in [2.75, 3.05) is 11.4 Å². The largest absolute Gasteiger partial charge is 0.322 e. The van der Waals surface area contributed by atoms with Crippen molar-refractivity contribution in [2.24, 2.45) is 24.3 Å². The Morgan fingerprint density at radius 3 is 2.89 bits per heavy atom. The number of imidazole rings is 1. The molecular formula is C19H19N7O. The molecule has 0 bridgehead atoms. The van der Waals surface area contributed by atoms with Gasteiger partial charge in [-0.05, 0) is 24.8 Å². The first-order chi connectivity index (χ1) is 13.0. The van der Waals surface area contributed by atoms with Crippen LogP contribution in [0, 0.1) is 28.6 Å². The number of nitrogens with zero attached hydrogens (tertiary/aromatic N) is 6. The van der Waals surface area contributed by atoms with Crippen molar-refractivity contribution < 1.29 is 4.79 Å². The molecular weight excluding hydrogens is 342 g/mol. The van der Waals surface area contributed by atoms with Crippen molar-refractivity contribution in [3.63, 3.8) is 0 Å². The summed E-state index contributed by atoms with van der Waals surface area (Å²) in [6, 6.07) is 4.18. The predicted molar refractivity (Wildman–Crippen MR) is 98.4 cm³/mol. The number of aryl methyl sites for hydroxylation is 1. The Morgan fingerprint density at radius 1 is 1.41 bits per heavy atom. The minimum Gasteiger partial charge on any atom is -0.322 e. The van der Waals surface area contributed by atoms with Crippen molar-refractivity contribution in [1.29, 1.82) is 5.26 Å². The standard InChI is InChI=1S/C19H19N7O/c1-11-8-26(18(27)19(11,10-20)13-3-4-13)14-5-6-21-17-15(14)23-16(24-17)12-7-22-25(2)9-12/h5-7,9,11,13H,3-4,8H2,1-2H3,(H,21,23,24)/t11-,19+/m1/s1. The number of pyridine rings is 1. The van der Waals surface area contributed by atoms with Crippen molar-refractivity contribution in [3.05, 3.63) is 24.7 Å². The molecule has 2 fully saturated rings. The smallest absolute Gasteiger partial charge is 0.248 e. The molecule has 8 nitrogen and oxygen atoms in total. The molecule has 1 aliphatic carbocycles. The Bertz CT molecular complexity index is 1100. The summed E-state index contributed by atoms with van der Waals surface area (Å²) in [6.07, 6.45) is 7.18. The highest BCUT2D eigenvalue weighted by Gasteiger charge is 2.61. The van der Waals surface area contributed by atoms with Gasteiger partial charge in [-0.1, -0.05) is 6.92 Å². The minimum absolute atomic E-state index is 0.0116. The van der Waals surface area contributed by atoms with Gasteiger partial charge in [0.1, 0.15) is 16.8 Å². The first-order valence-corrected chi connectivity index (χ1v) is 9.11. The average molecular weight is 361 g/mol. The van der Waals surface area contributed by atoms with Crippen LogP contribution in [0.15, 0.2) is 24.7 Å². The van der Waals surface area contributed by atoms with Crippen molar-refractivity contribution in [1.82, 2.24) is 24.7 Å². The second-order valence-corrected chi connectivity index (χ2v) is 7.59. The molecule has 3 aromatic rings. The summed E-state index contributed by atoms with van der Waals surface area (Å²) in [6.45, 7) is 2.53. The topological polar surface area (TPSA) is 103 Å². The second kappa shape index (κ2) is 5.39. The molecule has 2 atom stereocenters. The summed E-state index contributed by atoms with van der Waals surface area (Å²) in [4.78, 5) is 27.3. The van der Waals surface area contributed by atoms with E-state index >= 15 is 0 Å². The van der Waals surface area contributed by atoms with Gasteiger partial charge in [0, 0.05) is 31.9 Å². The molecule has 2 aliphatic rings. The third-order valence-electron chi connectivity index (χ3n) is 5.87. The average Bonchev–Trinajstić information content (AvgIpc) is 3.16. The van der Waals surface area contributed by atoms with E-state index in [4.69, 9.17) is 0 Å². The molecule has 1 amide bonds. The summed E-state index contributed by atoms with van der Waals surface area (Å²) in [5, 5.41) is 14.0. The van der Waals surface area contributed by atoms with E-state index in [1.54, 1.807) is 28.0 Å². The second-order valence-electron chi connectivity index (χ2n) is 7.59. The fraction of sp³-hybridized carbons (Fsp3) is 0.421. The van der Waals surface area contributed by atoms with Gasteiger partial charge in [-0.25, -0.2) is 9.97 Å². The van der Waals surface area contributed by atoms with Crippen LogP contribution in [0.5, 0.6) is 0 Å². The molecule has 0 spiro atoms. The lowest BCUT2D eigenvalue weighted by molar-refractivity contribution is -0.124.